The molecule has 6 aromatic carbocycles. The third-order valence-electron chi connectivity index (χ3n) is 12.6. The van der Waals surface area contributed by atoms with Crippen LogP contribution in [-0.4, -0.2) is 16.2 Å². The second kappa shape index (κ2) is 14.3. The number of hydrogen-bond donors (Lipinski definition) is 0. The maximum absolute atomic E-state index is 8.81. The van der Waals surface area contributed by atoms with E-state index in [0.717, 1.165) is 44.3 Å². The van der Waals surface area contributed by atoms with E-state index >= 15 is 0 Å². The van der Waals surface area contributed by atoms with Gasteiger partial charge in [-0.2, -0.15) is 0 Å². The van der Waals surface area contributed by atoms with Gasteiger partial charge in [-0.3, -0.25) is 4.57 Å². The largest absolute Gasteiger partial charge is 0.321 e. The lowest BCUT2D eigenvalue weighted by Gasteiger charge is -2.35. The first-order valence-corrected chi connectivity index (χ1v) is 21.0. The quantitative estimate of drug-likeness (QED) is 0.161. The number of pyridine rings is 1. The van der Waals surface area contributed by atoms with Gasteiger partial charge in [-0.1, -0.05) is 172 Å². The summed E-state index contributed by atoms with van der Waals surface area (Å²) in [4.78, 5) is 9.76. The summed E-state index contributed by atoms with van der Waals surface area (Å²) in [6.07, 6.45) is 1.53. The highest BCUT2D eigenvalue weighted by Crippen LogP contribution is 2.50. The molecule has 3 heterocycles. The number of aromatic nitrogens is 2. The third kappa shape index (κ3) is 6.58. The van der Waals surface area contributed by atoms with Crippen molar-refractivity contribution in [2.45, 2.75) is 90.8 Å². The Bertz CT molecular complexity index is 3070. The number of para-hydroxylation sites is 4. The first-order valence-electron chi connectivity index (χ1n) is 24.0. The van der Waals surface area contributed by atoms with E-state index in [1.54, 1.807) is 36.4 Å². The van der Waals surface area contributed by atoms with E-state index in [9.17, 15) is 0 Å². The first-order chi connectivity index (χ1) is 31.0. The van der Waals surface area contributed by atoms with Crippen LogP contribution < -0.4 is 9.80 Å². The normalized spacial score (nSPS) is 15.6. The molecule has 0 radical (unpaired) electrons. The zero-order chi connectivity index (χ0) is 47.2. The highest BCUT2D eigenvalue weighted by Gasteiger charge is 2.36. The van der Waals surface area contributed by atoms with Gasteiger partial charge >= 0.3 is 0 Å². The van der Waals surface area contributed by atoms with Gasteiger partial charge in [-0.05, 0) is 92.7 Å². The molecule has 1 aliphatic heterocycles. The van der Waals surface area contributed by atoms with Gasteiger partial charge in [-0.25, -0.2) is 4.98 Å². The SMILES string of the molecule is [2H]C([2H])([2H])C(c1ccccc1)(c1ccnc(-n2c3ccccc3c3ccc(C(C)(C)c4cccc(N5CN(c6c(C(C)(C)C)cccc6C(C)(C)C)c6ccccc65)c4)cc32)c1)C([2H])([2H])[2H]. The van der Waals surface area contributed by atoms with Crippen LogP contribution in [0.15, 0.2) is 158 Å². The zero-order valence-electron chi connectivity index (χ0n) is 42.0. The van der Waals surface area contributed by atoms with Gasteiger partial charge in [-0.15, -0.1) is 0 Å². The van der Waals surface area contributed by atoms with Gasteiger partial charge in [0.15, 0.2) is 0 Å². The van der Waals surface area contributed by atoms with Crippen LogP contribution in [0.5, 0.6) is 0 Å². The molecule has 0 atom stereocenters. The van der Waals surface area contributed by atoms with E-state index in [4.69, 9.17) is 13.2 Å². The summed E-state index contributed by atoms with van der Waals surface area (Å²) in [5.74, 6) is 0.435. The second-order valence-corrected chi connectivity index (χ2v) is 19.0. The smallest absolute Gasteiger partial charge is 0.137 e. The second-order valence-electron chi connectivity index (χ2n) is 19.0. The van der Waals surface area contributed by atoms with Crippen molar-refractivity contribution in [1.29, 1.82) is 0 Å². The number of benzene rings is 6. The van der Waals surface area contributed by atoms with Crippen LogP contribution in [-0.2, 0) is 21.7 Å². The van der Waals surface area contributed by atoms with E-state index in [2.05, 4.69) is 156 Å². The van der Waals surface area contributed by atoms with Gasteiger partial charge in [0, 0.05) is 41.7 Å². The Labute approximate surface area is 365 Å². The molecule has 2 aromatic heterocycles. The summed E-state index contributed by atoms with van der Waals surface area (Å²) in [7, 11) is 0. The van der Waals surface area contributed by atoms with Crippen molar-refractivity contribution in [3.05, 3.63) is 191 Å². The van der Waals surface area contributed by atoms with Crippen molar-refractivity contribution in [2.75, 3.05) is 16.5 Å². The maximum atomic E-state index is 8.81. The molecule has 0 bridgehead atoms. The Morgan fingerprint density at radius 3 is 1.77 bits per heavy atom. The Balaban J connectivity index is 1.16. The molecule has 0 saturated heterocycles. The molecule has 0 unspecified atom stereocenters. The van der Waals surface area contributed by atoms with Gasteiger partial charge in [0.1, 0.15) is 12.5 Å². The van der Waals surface area contributed by atoms with Crippen LogP contribution in [0.4, 0.5) is 22.7 Å². The fourth-order valence-electron chi connectivity index (χ4n) is 9.14. The molecule has 0 spiro atoms. The Hall–Kier alpha value is -6.13. The minimum atomic E-state index is -2.92. The average molecular weight is 793 g/mol. The van der Waals surface area contributed by atoms with Gasteiger partial charge < -0.3 is 9.80 Å². The molecule has 0 fully saturated rings. The van der Waals surface area contributed by atoms with E-state index < -0.39 is 24.5 Å². The van der Waals surface area contributed by atoms with Crippen LogP contribution >= 0.6 is 0 Å². The molecular formula is C56H58N4. The lowest BCUT2D eigenvalue weighted by Crippen LogP contribution is -2.30. The molecule has 4 heteroatoms. The number of fused-ring (bicyclic) bond motifs is 4. The Morgan fingerprint density at radius 2 is 1.07 bits per heavy atom. The molecule has 9 rings (SSSR count). The van der Waals surface area contributed by atoms with E-state index in [0.29, 0.717) is 12.5 Å². The van der Waals surface area contributed by atoms with Crippen molar-refractivity contribution in [1.82, 2.24) is 9.55 Å². The molecule has 4 nitrogen and oxygen atoms in total. The van der Waals surface area contributed by atoms with Gasteiger partial charge in [0.25, 0.3) is 0 Å². The Morgan fingerprint density at radius 1 is 0.483 bits per heavy atom. The van der Waals surface area contributed by atoms with E-state index in [1.165, 1.54) is 34.8 Å². The van der Waals surface area contributed by atoms with Gasteiger partial charge in [0.05, 0.1) is 28.1 Å². The Kier molecular flexibility index (Phi) is 7.77. The van der Waals surface area contributed by atoms with Crippen molar-refractivity contribution in [2.24, 2.45) is 0 Å². The molecule has 8 aromatic rings. The average Bonchev–Trinajstić information content (AvgIpc) is 3.81. The lowest BCUT2D eigenvalue weighted by molar-refractivity contribution is 0.568. The van der Waals surface area contributed by atoms with E-state index in [1.807, 2.05) is 22.8 Å². The monoisotopic (exact) mass is 793 g/mol. The topological polar surface area (TPSA) is 24.3 Å². The van der Waals surface area contributed by atoms with Crippen LogP contribution in [0.2, 0.25) is 0 Å². The minimum Gasteiger partial charge on any atom is -0.321 e. The number of rotatable bonds is 7. The highest BCUT2D eigenvalue weighted by molar-refractivity contribution is 6.09. The van der Waals surface area contributed by atoms with Crippen LogP contribution in [0.1, 0.15) is 111 Å². The standard InChI is InChI=1S/C56H58N4/c1-53(2,3)45-25-19-26-46(54(4,5)6)52(45)59-37-58(48-28-16-17-29-49(48)59)42-23-18-22-39(34-42)56(9,10)40-30-31-44-43-24-14-15-27-47(43)60(50(44)35-40)51-36-41(32-33-57-51)55(7,8)38-20-12-11-13-21-38/h11-36H,37H2,1-10H3/i7D3,8D3. The summed E-state index contributed by atoms with van der Waals surface area (Å²) in [5, 5.41) is 2.01. The summed E-state index contributed by atoms with van der Waals surface area (Å²) < 4.78 is 54.9. The van der Waals surface area contributed by atoms with Crippen molar-refractivity contribution in [3.8, 4) is 5.82 Å². The zero-order valence-corrected chi connectivity index (χ0v) is 36.0. The minimum absolute atomic E-state index is 0.0726. The molecule has 0 amide bonds. The van der Waals surface area contributed by atoms with Crippen molar-refractivity contribution >= 4 is 44.6 Å². The van der Waals surface area contributed by atoms with Crippen LogP contribution in [0.25, 0.3) is 27.6 Å². The number of nitrogens with zero attached hydrogens (tertiary/aromatic N) is 4. The predicted molar refractivity (Wildman–Crippen MR) is 255 cm³/mol. The van der Waals surface area contributed by atoms with Crippen LogP contribution in [0.3, 0.4) is 0 Å². The molecule has 60 heavy (non-hydrogen) atoms. The summed E-state index contributed by atoms with van der Waals surface area (Å²) in [6.45, 7) is 13.1. The fraction of sp³-hybridized carbons (Fsp3) is 0.268. The van der Waals surface area contributed by atoms with Crippen molar-refractivity contribution in [3.63, 3.8) is 0 Å². The summed E-state index contributed by atoms with van der Waals surface area (Å²) >= 11 is 0. The molecule has 0 saturated carbocycles. The highest BCUT2D eigenvalue weighted by atomic mass is 15.4. The third-order valence-corrected chi connectivity index (χ3v) is 12.6. The summed E-state index contributed by atoms with van der Waals surface area (Å²) in [6, 6.07) is 50.5. The first kappa shape index (κ1) is 32.7. The van der Waals surface area contributed by atoms with E-state index in [-0.39, 0.29) is 22.0 Å². The van der Waals surface area contributed by atoms with Crippen LogP contribution in [0, 0.1) is 0 Å². The maximum Gasteiger partial charge on any atom is 0.137 e. The molecule has 1 aliphatic rings. The van der Waals surface area contributed by atoms with Crippen molar-refractivity contribution < 1.29 is 8.22 Å². The molecular weight excluding hydrogens is 729 g/mol. The fourth-order valence-corrected chi connectivity index (χ4v) is 9.14. The predicted octanol–water partition coefficient (Wildman–Crippen LogP) is 14.7. The van der Waals surface area contributed by atoms with Gasteiger partial charge in [0.2, 0.25) is 0 Å². The number of anilines is 4. The molecule has 302 valence electrons. The molecule has 0 aliphatic carbocycles. The summed E-state index contributed by atoms with van der Waals surface area (Å²) in [5.41, 5.74) is 8.75. The number of hydrogen-bond acceptors (Lipinski definition) is 3. The lowest BCUT2D eigenvalue weighted by atomic mass is 9.77. The molecule has 0 N–H and O–H groups in total.